The van der Waals surface area contributed by atoms with E-state index in [2.05, 4.69) is 6.58 Å². The van der Waals surface area contributed by atoms with Crippen LogP contribution < -0.4 is 0 Å². The highest BCUT2D eigenvalue weighted by Gasteiger charge is 2.39. The summed E-state index contributed by atoms with van der Waals surface area (Å²) in [5.74, 6) is 0. The lowest BCUT2D eigenvalue weighted by atomic mass is 9.86. The molecule has 2 heteroatoms. The molecule has 1 aliphatic heterocycles. The van der Waals surface area contributed by atoms with Crippen LogP contribution >= 0.6 is 0 Å². The lowest BCUT2D eigenvalue weighted by molar-refractivity contribution is -0.172. The molecule has 1 heterocycles. The summed E-state index contributed by atoms with van der Waals surface area (Å²) in [6.07, 6.45) is 2.87. The van der Waals surface area contributed by atoms with Crippen LogP contribution in [-0.2, 0) is 4.74 Å². The van der Waals surface area contributed by atoms with Gasteiger partial charge in [-0.2, -0.15) is 0 Å². The molecule has 2 nitrogen and oxygen atoms in total. The van der Waals surface area contributed by atoms with E-state index >= 15 is 0 Å². The van der Waals surface area contributed by atoms with E-state index in [-0.39, 0.29) is 17.3 Å². The average Bonchev–Trinajstić information content (AvgIpc) is 1.82. The van der Waals surface area contributed by atoms with Crippen LogP contribution in [0.2, 0.25) is 0 Å². The Morgan fingerprint density at radius 2 is 2.00 bits per heavy atom. The molecule has 0 saturated carbocycles. The average molecular weight is 170 g/mol. The van der Waals surface area contributed by atoms with Crippen LogP contribution in [0.25, 0.3) is 0 Å². The second kappa shape index (κ2) is 2.86. The highest BCUT2D eigenvalue weighted by molar-refractivity contribution is 5.01. The van der Waals surface area contributed by atoms with Gasteiger partial charge in [-0.3, -0.25) is 0 Å². The molecule has 12 heavy (non-hydrogen) atoms. The zero-order chi connectivity index (χ0) is 9.41. The molecule has 1 aliphatic rings. The van der Waals surface area contributed by atoms with Crippen LogP contribution in [0.5, 0.6) is 0 Å². The molecule has 0 aromatic heterocycles. The summed E-state index contributed by atoms with van der Waals surface area (Å²) < 4.78 is 5.80. The predicted molar refractivity (Wildman–Crippen MR) is 49.0 cm³/mol. The SMILES string of the molecule is C=CC1(C)CC(O)CC(C)(C)O1. The number of ether oxygens (including phenoxy) is 1. The van der Waals surface area contributed by atoms with E-state index in [9.17, 15) is 5.11 Å². The molecule has 1 rings (SSSR count). The van der Waals surface area contributed by atoms with Gasteiger partial charge in [0, 0.05) is 12.8 Å². The quantitative estimate of drug-likeness (QED) is 0.609. The van der Waals surface area contributed by atoms with Gasteiger partial charge in [0.2, 0.25) is 0 Å². The van der Waals surface area contributed by atoms with Crippen molar-refractivity contribution in [3.63, 3.8) is 0 Å². The molecule has 0 amide bonds. The summed E-state index contributed by atoms with van der Waals surface area (Å²) in [5, 5.41) is 9.58. The van der Waals surface area contributed by atoms with Crippen molar-refractivity contribution in [3.8, 4) is 0 Å². The molecular formula is C10H18O2. The van der Waals surface area contributed by atoms with Crippen molar-refractivity contribution in [2.24, 2.45) is 0 Å². The van der Waals surface area contributed by atoms with Crippen molar-refractivity contribution in [3.05, 3.63) is 12.7 Å². The van der Waals surface area contributed by atoms with Gasteiger partial charge in [-0.25, -0.2) is 0 Å². The molecule has 0 bridgehead atoms. The molecule has 1 fully saturated rings. The van der Waals surface area contributed by atoms with E-state index in [4.69, 9.17) is 4.74 Å². The van der Waals surface area contributed by atoms with Crippen molar-refractivity contribution in [2.75, 3.05) is 0 Å². The molecule has 1 N–H and O–H groups in total. The zero-order valence-electron chi connectivity index (χ0n) is 8.13. The highest BCUT2D eigenvalue weighted by atomic mass is 16.5. The first kappa shape index (κ1) is 9.75. The standard InChI is InChI=1S/C10H18O2/c1-5-10(4)7-8(11)6-9(2,3)12-10/h5,8,11H,1,6-7H2,2-4H3. The number of hydrogen-bond donors (Lipinski definition) is 1. The Balaban J connectivity index is 2.76. The molecule has 0 radical (unpaired) electrons. The number of aliphatic hydroxyl groups is 1. The first-order valence-corrected chi connectivity index (χ1v) is 4.39. The molecule has 2 unspecified atom stereocenters. The van der Waals surface area contributed by atoms with E-state index < -0.39 is 0 Å². The van der Waals surface area contributed by atoms with Crippen molar-refractivity contribution in [1.82, 2.24) is 0 Å². The topological polar surface area (TPSA) is 29.5 Å². The van der Waals surface area contributed by atoms with Gasteiger partial charge in [0.1, 0.15) is 0 Å². The second-order valence-electron chi connectivity index (χ2n) is 4.44. The third-order valence-corrected chi connectivity index (χ3v) is 2.31. The maximum absolute atomic E-state index is 9.58. The second-order valence-corrected chi connectivity index (χ2v) is 4.44. The van der Waals surface area contributed by atoms with E-state index in [1.54, 1.807) is 6.08 Å². The monoisotopic (exact) mass is 170 g/mol. The summed E-state index contributed by atoms with van der Waals surface area (Å²) in [6.45, 7) is 9.68. The Morgan fingerprint density at radius 1 is 1.42 bits per heavy atom. The first-order valence-electron chi connectivity index (χ1n) is 4.39. The Bertz CT molecular complexity index is 186. The number of rotatable bonds is 1. The summed E-state index contributed by atoms with van der Waals surface area (Å²) in [5.41, 5.74) is -0.595. The highest BCUT2D eigenvalue weighted by Crippen LogP contribution is 2.35. The van der Waals surface area contributed by atoms with E-state index in [1.807, 2.05) is 20.8 Å². The lowest BCUT2D eigenvalue weighted by Crippen LogP contribution is -2.47. The summed E-state index contributed by atoms with van der Waals surface area (Å²) in [4.78, 5) is 0. The number of hydrogen-bond acceptors (Lipinski definition) is 2. The third kappa shape index (κ3) is 2.08. The minimum absolute atomic E-state index is 0.236. The predicted octanol–water partition coefficient (Wildman–Crippen LogP) is 1.88. The van der Waals surface area contributed by atoms with Crippen molar-refractivity contribution in [1.29, 1.82) is 0 Å². The van der Waals surface area contributed by atoms with Crippen LogP contribution in [-0.4, -0.2) is 22.4 Å². The molecule has 70 valence electrons. The Kier molecular flexibility index (Phi) is 2.32. The fourth-order valence-corrected chi connectivity index (χ4v) is 1.95. The van der Waals surface area contributed by atoms with Crippen LogP contribution in [0, 0.1) is 0 Å². The van der Waals surface area contributed by atoms with Crippen LogP contribution in [0.3, 0.4) is 0 Å². The largest absolute Gasteiger partial charge is 0.393 e. The molecule has 0 spiro atoms. The van der Waals surface area contributed by atoms with Gasteiger partial charge in [0.05, 0.1) is 17.3 Å². The van der Waals surface area contributed by atoms with Crippen LogP contribution in [0.4, 0.5) is 0 Å². The normalized spacial score (nSPS) is 40.8. The van der Waals surface area contributed by atoms with E-state index in [0.29, 0.717) is 12.8 Å². The van der Waals surface area contributed by atoms with Gasteiger partial charge in [0.15, 0.2) is 0 Å². The zero-order valence-corrected chi connectivity index (χ0v) is 8.13. The Hall–Kier alpha value is -0.340. The Labute approximate surface area is 74.2 Å². The fourth-order valence-electron chi connectivity index (χ4n) is 1.95. The molecule has 0 aromatic rings. The molecule has 0 aliphatic carbocycles. The van der Waals surface area contributed by atoms with Crippen molar-refractivity contribution < 1.29 is 9.84 Å². The van der Waals surface area contributed by atoms with Crippen LogP contribution in [0.15, 0.2) is 12.7 Å². The Morgan fingerprint density at radius 3 is 2.42 bits per heavy atom. The van der Waals surface area contributed by atoms with Gasteiger partial charge in [-0.1, -0.05) is 6.08 Å². The summed E-state index contributed by atoms with van der Waals surface area (Å²) >= 11 is 0. The van der Waals surface area contributed by atoms with Gasteiger partial charge in [-0.05, 0) is 20.8 Å². The van der Waals surface area contributed by atoms with E-state index in [1.165, 1.54) is 0 Å². The first-order chi connectivity index (χ1) is 5.37. The van der Waals surface area contributed by atoms with Crippen LogP contribution in [0.1, 0.15) is 33.6 Å². The smallest absolute Gasteiger partial charge is 0.0863 e. The molecule has 2 atom stereocenters. The minimum atomic E-state index is -0.360. The van der Waals surface area contributed by atoms with Crippen molar-refractivity contribution in [2.45, 2.75) is 50.9 Å². The third-order valence-electron chi connectivity index (χ3n) is 2.31. The van der Waals surface area contributed by atoms with Gasteiger partial charge >= 0.3 is 0 Å². The maximum atomic E-state index is 9.58. The lowest BCUT2D eigenvalue weighted by Gasteiger charge is -2.44. The van der Waals surface area contributed by atoms with Gasteiger partial charge in [-0.15, -0.1) is 6.58 Å². The molecule has 0 aromatic carbocycles. The van der Waals surface area contributed by atoms with Crippen molar-refractivity contribution >= 4 is 0 Å². The molecule has 1 saturated heterocycles. The fraction of sp³-hybridized carbons (Fsp3) is 0.800. The van der Waals surface area contributed by atoms with E-state index in [0.717, 1.165) is 0 Å². The summed E-state index contributed by atoms with van der Waals surface area (Å²) in [6, 6.07) is 0. The maximum Gasteiger partial charge on any atom is 0.0863 e. The summed E-state index contributed by atoms with van der Waals surface area (Å²) in [7, 11) is 0. The minimum Gasteiger partial charge on any atom is -0.393 e. The van der Waals surface area contributed by atoms with Gasteiger partial charge in [0.25, 0.3) is 0 Å². The van der Waals surface area contributed by atoms with Gasteiger partial charge < -0.3 is 9.84 Å². The number of aliphatic hydroxyl groups excluding tert-OH is 1. The molecular weight excluding hydrogens is 152 g/mol.